The number of amidine groups is 1. The number of carbonyl (C=O) groups is 2. The first-order valence-electron chi connectivity index (χ1n) is 10.4. The zero-order valence-electron chi connectivity index (χ0n) is 17.9. The number of rotatable bonds is 10. The third-order valence-electron chi connectivity index (χ3n) is 5.19. The van der Waals surface area contributed by atoms with E-state index < -0.39 is 0 Å². The molecule has 0 saturated carbocycles. The van der Waals surface area contributed by atoms with E-state index in [4.69, 9.17) is 20.7 Å². The lowest BCUT2D eigenvalue weighted by Gasteiger charge is -2.18. The molecule has 4 N–H and O–H groups in total. The lowest BCUT2D eigenvalue weighted by atomic mass is 10.0. The second-order valence-corrected chi connectivity index (χ2v) is 7.61. The van der Waals surface area contributed by atoms with Gasteiger partial charge in [-0.25, -0.2) is 0 Å². The highest BCUT2D eigenvalue weighted by atomic mass is 16.6. The molecule has 0 aliphatic carbocycles. The van der Waals surface area contributed by atoms with Crippen molar-refractivity contribution in [3.8, 4) is 0 Å². The van der Waals surface area contributed by atoms with Crippen molar-refractivity contribution in [3.63, 3.8) is 0 Å². The molecule has 9 nitrogen and oxygen atoms in total. The molecule has 32 heavy (non-hydrogen) atoms. The van der Waals surface area contributed by atoms with Gasteiger partial charge in [0.05, 0.1) is 25.7 Å². The Morgan fingerprint density at radius 2 is 2.09 bits per heavy atom. The van der Waals surface area contributed by atoms with Crippen molar-refractivity contribution in [2.24, 2.45) is 10.9 Å². The number of nitrogen functional groups attached to an aromatic ring is 1. The van der Waals surface area contributed by atoms with E-state index in [9.17, 15) is 9.59 Å². The van der Waals surface area contributed by atoms with Crippen molar-refractivity contribution in [2.75, 3.05) is 7.11 Å². The molecule has 168 valence electrons. The molecule has 0 radical (unpaired) electrons. The van der Waals surface area contributed by atoms with Crippen molar-refractivity contribution in [3.05, 3.63) is 65.5 Å². The van der Waals surface area contributed by atoms with Crippen LogP contribution in [0.15, 0.2) is 53.9 Å². The molecule has 0 saturated heterocycles. The van der Waals surface area contributed by atoms with Gasteiger partial charge >= 0.3 is 5.97 Å². The quantitative estimate of drug-likeness (QED) is 0.295. The van der Waals surface area contributed by atoms with Crippen molar-refractivity contribution in [1.29, 1.82) is 5.41 Å². The van der Waals surface area contributed by atoms with E-state index in [0.717, 1.165) is 16.8 Å². The highest BCUT2D eigenvalue weighted by Gasteiger charge is 2.26. The van der Waals surface area contributed by atoms with Crippen LogP contribution in [0.2, 0.25) is 0 Å². The van der Waals surface area contributed by atoms with Gasteiger partial charge in [0.15, 0.2) is 0 Å². The highest BCUT2D eigenvalue weighted by molar-refractivity contribution is 6.02. The second kappa shape index (κ2) is 11.0. The van der Waals surface area contributed by atoms with Gasteiger partial charge in [0.1, 0.15) is 11.9 Å². The molecule has 2 heterocycles. The van der Waals surface area contributed by atoms with Gasteiger partial charge in [-0.05, 0) is 30.0 Å². The van der Waals surface area contributed by atoms with E-state index in [1.165, 1.54) is 7.11 Å². The fourth-order valence-electron chi connectivity index (χ4n) is 3.44. The van der Waals surface area contributed by atoms with Gasteiger partial charge in [-0.3, -0.25) is 20.0 Å². The first-order chi connectivity index (χ1) is 15.4. The van der Waals surface area contributed by atoms with E-state index >= 15 is 0 Å². The second-order valence-electron chi connectivity index (χ2n) is 7.61. The van der Waals surface area contributed by atoms with Crippen LogP contribution < -0.4 is 11.1 Å². The Bertz CT molecular complexity index is 976. The van der Waals surface area contributed by atoms with Gasteiger partial charge in [0.25, 0.3) is 0 Å². The Labute approximate surface area is 186 Å². The number of methoxy groups -OCH3 is 1. The van der Waals surface area contributed by atoms with Crippen molar-refractivity contribution < 1.29 is 19.2 Å². The van der Waals surface area contributed by atoms with Gasteiger partial charge in [-0.15, -0.1) is 0 Å². The summed E-state index contributed by atoms with van der Waals surface area (Å²) in [6.45, 7) is 0. The van der Waals surface area contributed by atoms with E-state index in [0.29, 0.717) is 24.8 Å². The van der Waals surface area contributed by atoms with Crippen LogP contribution in [0.3, 0.4) is 0 Å². The van der Waals surface area contributed by atoms with E-state index in [-0.39, 0.29) is 42.7 Å². The van der Waals surface area contributed by atoms with Crippen LogP contribution >= 0.6 is 0 Å². The first-order valence-corrected chi connectivity index (χ1v) is 10.4. The number of nitrogens with zero attached hydrogens (tertiary/aromatic N) is 2. The Morgan fingerprint density at radius 1 is 1.31 bits per heavy atom. The fourth-order valence-corrected chi connectivity index (χ4v) is 3.44. The highest BCUT2D eigenvalue weighted by Crippen LogP contribution is 2.20. The summed E-state index contributed by atoms with van der Waals surface area (Å²) in [6.07, 6.45) is 5.07. The number of aryl methyl sites for hydroxylation is 1. The largest absolute Gasteiger partial charge is 0.469 e. The third-order valence-corrected chi connectivity index (χ3v) is 5.19. The Morgan fingerprint density at radius 3 is 2.75 bits per heavy atom. The molecule has 1 aromatic carbocycles. The molecule has 1 aliphatic heterocycles. The number of carbonyl (C=O) groups excluding carboxylic acids is 2. The lowest BCUT2D eigenvalue weighted by Crippen LogP contribution is -2.38. The van der Waals surface area contributed by atoms with Crippen LogP contribution in [0.1, 0.15) is 42.4 Å². The van der Waals surface area contributed by atoms with Crippen LogP contribution in [-0.2, 0) is 25.6 Å². The molecular weight excluding hydrogens is 410 g/mol. The third kappa shape index (κ3) is 6.63. The standard InChI is InChI=1S/C23H27N5O4/c1-31-22(30)11-18(9-4-15-3-2-10-26-14-15)27-21(29)13-19-12-20(28-32-19)16-5-7-17(8-6-16)23(24)25/h2-3,5-8,10,14,18-19H,4,9,11-13H2,1H3,(H3,24,25)(H,27,29)/t18-,19?/m1/s1. The number of ether oxygens (including phenoxy) is 1. The van der Waals surface area contributed by atoms with Gasteiger partial charge in [-0.1, -0.05) is 35.5 Å². The number of esters is 1. The molecule has 9 heteroatoms. The molecule has 2 atom stereocenters. The Balaban J connectivity index is 1.51. The fraction of sp³-hybridized carbons (Fsp3) is 0.348. The van der Waals surface area contributed by atoms with Crippen LogP contribution in [0.4, 0.5) is 0 Å². The van der Waals surface area contributed by atoms with E-state index in [1.54, 1.807) is 24.5 Å². The number of nitrogens with one attached hydrogen (secondary N) is 2. The summed E-state index contributed by atoms with van der Waals surface area (Å²) in [7, 11) is 1.33. The number of amides is 1. The SMILES string of the molecule is COC(=O)C[C@@H](CCc1cccnc1)NC(=O)CC1CC(c2ccc(C(=N)N)cc2)=NO1. The summed E-state index contributed by atoms with van der Waals surface area (Å²) in [5, 5.41) is 14.5. The average molecular weight is 438 g/mol. The van der Waals surface area contributed by atoms with Crippen LogP contribution in [0, 0.1) is 5.41 Å². The summed E-state index contributed by atoms with van der Waals surface area (Å²) < 4.78 is 4.77. The maximum Gasteiger partial charge on any atom is 0.307 e. The Kier molecular flexibility index (Phi) is 7.91. The summed E-state index contributed by atoms with van der Waals surface area (Å²) in [4.78, 5) is 33.9. The topological polar surface area (TPSA) is 140 Å². The van der Waals surface area contributed by atoms with E-state index in [2.05, 4.69) is 15.5 Å². The minimum absolute atomic E-state index is 0.000689. The van der Waals surface area contributed by atoms with Crippen molar-refractivity contribution >= 4 is 23.4 Å². The number of aromatic nitrogens is 1. The molecular formula is C23H27N5O4. The normalized spacial score (nSPS) is 15.9. The molecule has 0 fully saturated rings. The molecule has 1 amide bonds. The molecule has 0 bridgehead atoms. The smallest absolute Gasteiger partial charge is 0.307 e. The van der Waals surface area contributed by atoms with Crippen LogP contribution in [0.25, 0.3) is 0 Å². The van der Waals surface area contributed by atoms with E-state index in [1.807, 2.05) is 24.3 Å². The molecule has 3 rings (SSSR count). The van der Waals surface area contributed by atoms with Crippen molar-refractivity contribution in [1.82, 2.24) is 10.3 Å². The summed E-state index contributed by atoms with van der Waals surface area (Å²) in [5.41, 5.74) is 8.74. The molecule has 0 spiro atoms. The number of nitrogens with two attached hydrogens (primary N) is 1. The summed E-state index contributed by atoms with van der Waals surface area (Å²) in [6, 6.07) is 10.6. The molecule has 1 unspecified atom stereocenters. The van der Waals surface area contributed by atoms with Gasteiger partial charge in [0.2, 0.25) is 5.91 Å². The summed E-state index contributed by atoms with van der Waals surface area (Å²) in [5.74, 6) is -0.586. The van der Waals surface area contributed by atoms with Gasteiger partial charge < -0.3 is 20.6 Å². The monoisotopic (exact) mass is 437 g/mol. The maximum absolute atomic E-state index is 12.6. The number of pyridine rings is 1. The zero-order valence-corrected chi connectivity index (χ0v) is 17.9. The predicted molar refractivity (Wildman–Crippen MR) is 119 cm³/mol. The Hall–Kier alpha value is -3.75. The number of hydrogen-bond acceptors (Lipinski definition) is 7. The molecule has 1 aliphatic rings. The number of oxime groups is 1. The van der Waals surface area contributed by atoms with Gasteiger partial charge in [0, 0.05) is 30.4 Å². The molecule has 2 aromatic rings. The minimum Gasteiger partial charge on any atom is -0.469 e. The average Bonchev–Trinajstić information content (AvgIpc) is 3.26. The molecule has 1 aromatic heterocycles. The number of hydrogen-bond donors (Lipinski definition) is 3. The van der Waals surface area contributed by atoms with Crippen molar-refractivity contribution in [2.45, 2.75) is 44.2 Å². The van der Waals surface area contributed by atoms with Gasteiger partial charge in [-0.2, -0.15) is 0 Å². The lowest BCUT2D eigenvalue weighted by molar-refractivity contribution is -0.141. The maximum atomic E-state index is 12.6. The van der Waals surface area contributed by atoms with Crippen LogP contribution in [0.5, 0.6) is 0 Å². The zero-order chi connectivity index (χ0) is 22.9. The number of benzene rings is 1. The summed E-state index contributed by atoms with van der Waals surface area (Å²) >= 11 is 0. The minimum atomic E-state index is -0.380. The van der Waals surface area contributed by atoms with Crippen LogP contribution in [-0.4, -0.2) is 47.7 Å². The predicted octanol–water partition coefficient (Wildman–Crippen LogP) is 1.93. The first kappa shape index (κ1) is 22.9.